The lowest BCUT2D eigenvalue weighted by Gasteiger charge is -2.53. The molecule has 5 rings (SSSR count). The topological polar surface area (TPSA) is 90.0 Å². The normalized spacial score (nSPS) is 21.4. The lowest BCUT2D eigenvalue weighted by Crippen LogP contribution is -2.73. The molecule has 2 aliphatic rings. The number of hydrogen-bond donors (Lipinski definition) is 2. The molecule has 4 atom stereocenters. The van der Waals surface area contributed by atoms with Crippen LogP contribution in [0.4, 0.5) is 0 Å². The summed E-state index contributed by atoms with van der Waals surface area (Å²) in [6, 6.07) is 21.4. The van der Waals surface area contributed by atoms with E-state index in [-0.39, 0.29) is 24.1 Å². The van der Waals surface area contributed by atoms with E-state index in [9.17, 15) is 19.5 Å². The molecule has 0 spiro atoms. The minimum absolute atomic E-state index is 0.129. The van der Waals surface area contributed by atoms with Gasteiger partial charge in [0.15, 0.2) is 6.10 Å². The van der Waals surface area contributed by atoms with Crippen molar-refractivity contribution in [3.63, 3.8) is 0 Å². The number of carbonyl (C=O) groups is 3. The number of likely N-dealkylation sites (tertiary alicyclic amines) is 1. The highest BCUT2D eigenvalue weighted by Gasteiger charge is 2.65. The Morgan fingerprint density at radius 1 is 1.00 bits per heavy atom. The summed E-state index contributed by atoms with van der Waals surface area (Å²) in [5.41, 5.74) is 5.39. The summed E-state index contributed by atoms with van der Waals surface area (Å²) in [5.74, 6) is -0.739. The first-order valence-corrected chi connectivity index (χ1v) is 14.5. The molecule has 0 saturated carbocycles. The Hall–Kier alpha value is -3.62. The fourth-order valence-electron chi connectivity index (χ4n) is 5.61. The monoisotopic (exact) mass is 557 g/mol. The van der Waals surface area contributed by atoms with Gasteiger partial charge < -0.3 is 20.2 Å². The highest BCUT2D eigenvalue weighted by Crippen LogP contribution is 2.51. The maximum Gasteiger partial charge on any atom is 0.255 e. The molecule has 3 aromatic rings. The number of amides is 3. The van der Waals surface area contributed by atoms with Crippen LogP contribution in [0.2, 0.25) is 0 Å². The van der Waals surface area contributed by atoms with Crippen LogP contribution in [0.25, 0.3) is 0 Å². The molecule has 2 heterocycles. The zero-order valence-electron chi connectivity index (χ0n) is 23.3. The van der Waals surface area contributed by atoms with E-state index >= 15 is 0 Å². The SMILES string of the molecule is Cc1ccccc1CN1C(=O)[C@H]2N(C(=O)[C@@H](O)[C@H](Cc3ccccc3)NC(=O)c3cccc(C)c3C)CSC21C. The van der Waals surface area contributed by atoms with E-state index in [1.54, 1.807) is 6.07 Å². The van der Waals surface area contributed by atoms with Crippen molar-refractivity contribution >= 4 is 29.5 Å². The molecule has 3 aromatic carbocycles. The summed E-state index contributed by atoms with van der Waals surface area (Å²) < 4.78 is 0. The molecule has 2 N–H and O–H groups in total. The predicted molar refractivity (Wildman–Crippen MR) is 157 cm³/mol. The van der Waals surface area contributed by atoms with Crippen LogP contribution in [-0.2, 0) is 22.6 Å². The zero-order valence-corrected chi connectivity index (χ0v) is 24.1. The number of nitrogens with zero attached hydrogens (tertiary/aromatic N) is 2. The lowest BCUT2D eigenvalue weighted by atomic mass is 9.91. The number of aryl methyl sites for hydroxylation is 2. The summed E-state index contributed by atoms with van der Waals surface area (Å²) >= 11 is 1.53. The minimum Gasteiger partial charge on any atom is -0.381 e. The fraction of sp³-hybridized carbons (Fsp3) is 0.344. The van der Waals surface area contributed by atoms with Crippen molar-refractivity contribution in [1.82, 2.24) is 15.1 Å². The Kier molecular flexibility index (Phi) is 7.75. The van der Waals surface area contributed by atoms with Crippen molar-refractivity contribution in [2.75, 3.05) is 5.88 Å². The number of aliphatic hydroxyl groups excluding tert-OH is 1. The summed E-state index contributed by atoms with van der Waals surface area (Å²) in [4.78, 5) is 43.2. The maximum atomic E-state index is 13.8. The van der Waals surface area contributed by atoms with E-state index in [1.165, 1.54) is 16.7 Å². The van der Waals surface area contributed by atoms with Gasteiger partial charge in [-0.25, -0.2) is 0 Å². The Morgan fingerprint density at radius 3 is 2.40 bits per heavy atom. The average molecular weight is 558 g/mol. The van der Waals surface area contributed by atoms with Crippen molar-refractivity contribution in [1.29, 1.82) is 0 Å². The fourth-order valence-corrected chi connectivity index (χ4v) is 6.98. The van der Waals surface area contributed by atoms with Crippen LogP contribution < -0.4 is 5.32 Å². The summed E-state index contributed by atoms with van der Waals surface area (Å²) in [6.07, 6.45) is -1.25. The van der Waals surface area contributed by atoms with Crippen LogP contribution in [-0.4, -0.2) is 61.6 Å². The maximum absolute atomic E-state index is 13.8. The molecular formula is C32H35N3O4S. The number of thioether (sulfide) groups is 1. The van der Waals surface area contributed by atoms with Gasteiger partial charge in [-0.15, -0.1) is 11.8 Å². The molecule has 0 bridgehead atoms. The molecule has 40 heavy (non-hydrogen) atoms. The molecule has 2 saturated heterocycles. The number of benzene rings is 3. The first-order valence-electron chi connectivity index (χ1n) is 13.5. The van der Waals surface area contributed by atoms with Gasteiger partial charge in [0.05, 0.1) is 11.9 Å². The van der Waals surface area contributed by atoms with Crippen molar-refractivity contribution in [3.05, 3.63) is 106 Å². The third-order valence-corrected chi connectivity index (χ3v) is 9.76. The van der Waals surface area contributed by atoms with Gasteiger partial charge in [0.2, 0.25) is 5.91 Å². The Bertz CT molecular complexity index is 1450. The molecule has 3 amide bonds. The second-order valence-electron chi connectivity index (χ2n) is 10.9. The number of carbonyl (C=O) groups excluding carboxylic acids is 3. The smallest absolute Gasteiger partial charge is 0.255 e. The first-order chi connectivity index (χ1) is 19.1. The van der Waals surface area contributed by atoms with Crippen molar-refractivity contribution in [2.24, 2.45) is 0 Å². The molecule has 2 aliphatic heterocycles. The number of fused-ring (bicyclic) bond motifs is 1. The standard InChI is InChI=1S/C32H35N3O4S/c1-20-12-10-16-25(22(20)3)29(37)33-26(17-23-13-6-5-7-14-23)27(36)30(38)34-19-40-32(4)28(34)31(39)35(32)18-24-15-9-8-11-21(24)2/h5-16,26-28,36H,17-19H2,1-4H3,(H,33,37)/t26-,27-,28+,32?/m0/s1. The predicted octanol–water partition coefficient (Wildman–Crippen LogP) is 3.97. The van der Waals surface area contributed by atoms with Crippen molar-refractivity contribution in [2.45, 2.75) is 63.7 Å². The summed E-state index contributed by atoms with van der Waals surface area (Å²) in [7, 11) is 0. The molecule has 7 nitrogen and oxygen atoms in total. The van der Waals surface area contributed by atoms with E-state index in [0.717, 1.165) is 27.8 Å². The molecule has 2 fully saturated rings. The van der Waals surface area contributed by atoms with Crippen LogP contribution in [0.5, 0.6) is 0 Å². The van der Waals surface area contributed by atoms with E-state index < -0.39 is 29.0 Å². The second-order valence-corrected chi connectivity index (χ2v) is 12.2. The van der Waals surface area contributed by atoms with Crippen molar-refractivity contribution in [3.8, 4) is 0 Å². The van der Waals surface area contributed by atoms with Gasteiger partial charge >= 0.3 is 0 Å². The summed E-state index contributed by atoms with van der Waals surface area (Å²) in [6.45, 7) is 8.29. The zero-order chi connectivity index (χ0) is 28.6. The molecule has 0 aliphatic carbocycles. The lowest BCUT2D eigenvalue weighted by molar-refractivity contribution is -0.168. The number of β-lactam (4-membered cyclic amide) rings is 1. The third-order valence-electron chi connectivity index (χ3n) is 8.32. The van der Waals surface area contributed by atoms with Crippen LogP contribution in [0.15, 0.2) is 72.8 Å². The van der Waals surface area contributed by atoms with Crippen LogP contribution in [0.3, 0.4) is 0 Å². The molecule has 0 aromatic heterocycles. The van der Waals surface area contributed by atoms with Gasteiger partial charge in [0, 0.05) is 12.1 Å². The van der Waals surface area contributed by atoms with Crippen LogP contribution >= 0.6 is 11.8 Å². The van der Waals surface area contributed by atoms with Gasteiger partial charge in [-0.3, -0.25) is 14.4 Å². The van der Waals surface area contributed by atoms with Gasteiger partial charge in [0.1, 0.15) is 10.9 Å². The summed E-state index contributed by atoms with van der Waals surface area (Å²) in [5, 5.41) is 14.3. The second kappa shape index (κ2) is 11.1. The van der Waals surface area contributed by atoms with Crippen LogP contribution in [0.1, 0.15) is 45.1 Å². The molecule has 8 heteroatoms. The van der Waals surface area contributed by atoms with Crippen LogP contribution in [0, 0.1) is 20.8 Å². The van der Waals surface area contributed by atoms with Gasteiger partial charge in [-0.2, -0.15) is 0 Å². The molecule has 0 radical (unpaired) electrons. The Labute approximate surface area is 239 Å². The van der Waals surface area contributed by atoms with E-state index in [2.05, 4.69) is 5.32 Å². The van der Waals surface area contributed by atoms with Gasteiger partial charge in [-0.05, 0) is 68.0 Å². The average Bonchev–Trinajstić information content (AvgIpc) is 3.26. The number of rotatable bonds is 8. The highest BCUT2D eigenvalue weighted by atomic mass is 32.2. The molecule has 1 unspecified atom stereocenters. The van der Waals surface area contributed by atoms with E-state index in [0.29, 0.717) is 12.1 Å². The first kappa shape index (κ1) is 27.9. The van der Waals surface area contributed by atoms with E-state index in [4.69, 9.17) is 0 Å². The quantitative estimate of drug-likeness (QED) is 0.409. The number of aliphatic hydroxyl groups is 1. The molecular weight excluding hydrogens is 522 g/mol. The van der Waals surface area contributed by atoms with E-state index in [1.807, 2.05) is 99.3 Å². The molecule has 208 valence electrons. The largest absolute Gasteiger partial charge is 0.381 e. The minimum atomic E-state index is -1.52. The number of hydrogen-bond acceptors (Lipinski definition) is 5. The van der Waals surface area contributed by atoms with Crippen molar-refractivity contribution < 1.29 is 19.5 Å². The Balaban J connectivity index is 1.35. The highest BCUT2D eigenvalue weighted by molar-refractivity contribution is 8.01. The third kappa shape index (κ3) is 5.02. The van der Waals surface area contributed by atoms with Gasteiger partial charge in [-0.1, -0.05) is 66.7 Å². The van der Waals surface area contributed by atoms with Gasteiger partial charge in [0.25, 0.3) is 11.8 Å². The number of nitrogens with one attached hydrogen (secondary N) is 1. The Morgan fingerprint density at radius 2 is 1.68 bits per heavy atom.